The van der Waals surface area contributed by atoms with E-state index in [1.807, 2.05) is 32.0 Å². The number of fused-ring (bicyclic) bond motifs is 1. The lowest BCUT2D eigenvalue weighted by atomic mass is 10.0. The van der Waals surface area contributed by atoms with Gasteiger partial charge in [0.15, 0.2) is 0 Å². The number of aryl methyl sites for hydroxylation is 4. The van der Waals surface area contributed by atoms with Gasteiger partial charge in [-0.05, 0) is 68.5 Å². The van der Waals surface area contributed by atoms with Gasteiger partial charge < -0.3 is 13.8 Å². The number of nitrogens with zero attached hydrogens (tertiary/aromatic N) is 4. The highest BCUT2D eigenvalue weighted by Crippen LogP contribution is 2.34. The SMILES string of the molecule is COc1ccc(CCc2nc3cc(-c4c(C)noc4C)ccc3n2C2CCN(S(C)(=O)=O)CC2)cc1Cl. The lowest BCUT2D eigenvalue weighted by molar-refractivity contribution is 0.275. The van der Waals surface area contributed by atoms with E-state index in [0.717, 1.165) is 70.7 Å². The van der Waals surface area contributed by atoms with Crippen LogP contribution >= 0.6 is 11.6 Å². The summed E-state index contributed by atoms with van der Waals surface area (Å²) in [6.07, 6.45) is 4.26. The molecule has 37 heavy (non-hydrogen) atoms. The first-order valence-electron chi connectivity index (χ1n) is 12.4. The van der Waals surface area contributed by atoms with Crippen LogP contribution in [0.5, 0.6) is 5.75 Å². The Morgan fingerprint density at radius 3 is 2.49 bits per heavy atom. The van der Waals surface area contributed by atoms with Crippen LogP contribution in [0.1, 0.15) is 41.7 Å². The average Bonchev–Trinajstić information content (AvgIpc) is 3.40. The quantitative estimate of drug-likeness (QED) is 0.312. The number of rotatable bonds is 7. The Morgan fingerprint density at radius 1 is 1.11 bits per heavy atom. The van der Waals surface area contributed by atoms with Crippen molar-refractivity contribution < 1.29 is 17.7 Å². The Hall–Kier alpha value is -2.88. The van der Waals surface area contributed by atoms with Crippen molar-refractivity contribution >= 4 is 32.7 Å². The van der Waals surface area contributed by atoms with Crippen LogP contribution in [0.15, 0.2) is 40.9 Å². The van der Waals surface area contributed by atoms with Gasteiger partial charge in [0.25, 0.3) is 0 Å². The van der Waals surface area contributed by atoms with E-state index in [-0.39, 0.29) is 6.04 Å². The molecule has 5 rings (SSSR count). The molecule has 8 nitrogen and oxygen atoms in total. The molecule has 0 atom stereocenters. The van der Waals surface area contributed by atoms with Crippen LogP contribution in [0, 0.1) is 13.8 Å². The van der Waals surface area contributed by atoms with Crippen LogP contribution < -0.4 is 4.74 Å². The molecule has 10 heteroatoms. The number of sulfonamides is 1. The first kappa shape index (κ1) is 25.8. The summed E-state index contributed by atoms with van der Waals surface area (Å²) < 4.78 is 38.7. The predicted octanol–water partition coefficient (Wildman–Crippen LogP) is 5.35. The molecule has 0 unspecified atom stereocenters. The van der Waals surface area contributed by atoms with E-state index >= 15 is 0 Å². The highest BCUT2D eigenvalue weighted by molar-refractivity contribution is 7.88. The smallest absolute Gasteiger partial charge is 0.211 e. The van der Waals surface area contributed by atoms with Crippen LogP contribution in [-0.4, -0.2) is 53.9 Å². The summed E-state index contributed by atoms with van der Waals surface area (Å²) >= 11 is 6.36. The fourth-order valence-electron chi connectivity index (χ4n) is 5.34. The zero-order valence-corrected chi connectivity index (χ0v) is 23.1. The number of piperidine rings is 1. The van der Waals surface area contributed by atoms with E-state index in [4.69, 9.17) is 25.8 Å². The van der Waals surface area contributed by atoms with Gasteiger partial charge in [-0.3, -0.25) is 0 Å². The molecule has 1 aliphatic rings. The first-order valence-corrected chi connectivity index (χ1v) is 14.6. The van der Waals surface area contributed by atoms with Crippen molar-refractivity contribution in [3.8, 4) is 16.9 Å². The molecule has 0 spiro atoms. The highest BCUT2D eigenvalue weighted by atomic mass is 35.5. The molecule has 2 aromatic heterocycles. The molecule has 0 aliphatic carbocycles. The van der Waals surface area contributed by atoms with Gasteiger partial charge in [-0.2, -0.15) is 0 Å². The Kier molecular flexibility index (Phi) is 7.04. The molecule has 0 bridgehead atoms. The number of aromatic nitrogens is 3. The maximum absolute atomic E-state index is 12.1. The summed E-state index contributed by atoms with van der Waals surface area (Å²) in [6, 6.07) is 12.3. The standard InChI is InChI=1S/C27H31ClN4O4S/c1-17-27(18(2)36-30-17)20-7-8-24-23(16-20)29-26(10-6-19-5-9-25(35-3)22(28)15-19)32(24)21-11-13-31(14-12-21)37(4,33)34/h5,7-9,15-16,21H,6,10-14H2,1-4H3. The molecule has 196 valence electrons. The van der Waals surface area contributed by atoms with E-state index in [9.17, 15) is 8.42 Å². The molecular weight excluding hydrogens is 512 g/mol. The minimum Gasteiger partial charge on any atom is -0.495 e. The van der Waals surface area contributed by atoms with Crippen LogP contribution in [-0.2, 0) is 22.9 Å². The van der Waals surface area contributed by atoms with Gasteiger partial charge in [-0.15, -0.1) is 0 Å². The van der Waals surface area contributed by atoms with Crippen molar-refractivity contribution in [2.24, 2.45) is 0 Å². The van der Waals surface area contributed by atoms with Crippen molar-refractivity contribution in [2.45, 2.75) is 45.6 Å². The molecule has 0 saturated carbocycles. The van der Waals surface area contributed by atoms with Crippen LogP contribution in [0.4, 0.5) is 0 Å². The van der Waals surface area contributed by atoms with E-state index in [1.54, 1.807) is 11.4 Å². The Morgan fingerprint density at radius 2 is 1.86 bits per heavy atom. The zero-order valence-electron chi connectivity index (χ0n) is 21.5. The Bertz CT molecular complexity index is 1530. The number of hydrogen-bond donors (Lipinski definition) is 0. The second-order valence-corrected chi connectivity index (χ2v) is 12.1. The van der Waals surface area contributed by atoms with E-state index in [2.05, 4.69) is 27.9 Å². The van der Waals surface area contributed by atoms with Crippen molar-refractivity contribution in [3.05, 3.63) is 64.3 Å². The second kappa shape index (κ2) is 10.1. The van der Waals surface area contributed by atoms with Crippen LogP contribution in [0.3, 0.4) is 0 Å². The summed E-state index contributed by atoms with van der Waals surface area (Å²) in [5, 5.41) is 4.69. The maximum Gasteiger partial charge on any atom is 0.211 e. The topological polar surface area (TPSA) is 90.5 Å². The molecule has 1 fully saturated rings. The summed E-state index contributed by atoms with van der Waals surface area (Å²) in [6.45, 7) is 4.87. The van der Waals surface area contributed by atoms with Gasteiger partial charge in [0.2, 0.25) is 10.0 Å². The summed E-state index contributed by atoms with van der Waals surface area (Å²) in [7, 11) is -1.59. The lowest BCUT2D eigenvalue weighted by Gasteiger charge is -2.32. The third-order valence-corrected chi connectivity index (χ3v) is 8.79. The van der Waals surface area contributed by atoms with E-state index in [0.29, 0.717) is 23.9 Å². The lowest BCUT2D eigenvalue weighted by Crippen LogP contribution is -2.38. The van der Waals surface area contributed by atoms with Gasteiger partial charge in [0, 0.05) is 31.1 Å². The van der Waals surface area contributed by atoms with Crippen LogP contribution in [0.2, 0.25) is 5.02 Å². The summed E-state index contributed by atoms with van der Waals surface area (Å²) in [5.74, 6) is 2.42. The van der Waals surface area contributed by atoms with Gasteiger partial charge in [-0.1, -0.05) is 28.9 Å². The van der Waals surface area contributed by atoms with Crippen molar-refractivity contribution in [1.29, 1.82) is 0 Å². The molecule has 3 heterocycles. The predicted molar refractivity (Wildman–Crippen MR) is 145 cm³/mol. The minimum atomic E-state index is -3.19. The van der Waals surface area contributed by atoms with E-state index < -0.39 is 10.0 Å². The number of hydrogen-bond acceptors (Lipinski definition) is 6. The molecule has 2 aromatic carbocycles. The number of imidazole rings is 1. The van der Waals surface area contributed by atoms with Gasteiger partial charge in [-0.25, -0.2) is 17.7 Å². The van der Waals surface area contributed by atoms with Gasteiger partial charge >= 0.3 is 0 Å². The highest BCUT2D eigenvalue weighted by Gasteiger charge is 2.28. The molecular formula is C27H31ClN4O4S. The monoisotopic (exact) mass is 542 g/mol. The fraction of sp³-hybridized carbons (Fsp3) is 0.407. The maximum atomic E-state index is 12.1. The Balaban J connectivity index is 1.51. The van der Waals surface area contributed by atoms with Crippen molar-refractivity contribution in [3.63, 3.8) is 0 Å². The van der Waals surface area contributed by atoms with Crippen molar-refractivity contribution in [1.82, 2.24) is 19.0 Å². The zero-order chi connectivity index (χ0) is 26.3. The molecule has 0 N–H and O–H groups in total. The average molecular weight is 543 g/mol. The van der Waals surface area contributed by atoms with Gasteiger partial charge in [0.05, 0.1) is 35.1 Å². The minimum absolute atomic E-state index is 0.169. The number of benzene rings is 2. The number of methoxy groups -OCH3 is 1. The molecule has 0 radical (unpaired) electrons. The normalized spacial score (nSPS) is 15.5. The second-order valence-electron chi connectivity index (χ2n) is 9.66. The van der Waals surface area contributed by atoms with E-state index in [1.165, 1.54) is 6.26 Å². The first-order chi connectivity index (χ1) is 17.7. The molecule has 0 amide bonds. The van der Waals surface area contributed by atoms with Gasteiger partial charge in [0.1, 0.15) is 17.3 Å². The number of ether oxygens (including phenoxy) is 1. The molecule has 1 aliphatic heterocycles. The third kappa shape index (κ3) is 5.12. The molecule has 1 saturated heterocycles. The number of halogens is 1. The largest absolute Gasteiger partial charge is 0.495 e. The summed E-state index contributed by atoms with van der Waals surface area (Å²) in [5.41, 5.74) is 5.93. The molecule has 4 aromatic rings. The fourth-order valence-corrected chi connectivity index (χ4v) is 6.49. The summed E-state index contributed by atoms with van der Waals surface area (Å²) in [4.78, 5) is 5.08. The van der Waals surface area contributed by atoms with Crippen LogP contribution in [0.25, 0.3) is 22.2 Å². The van der Waals surface area contributed by atoms with Crippen molar-refractivity contribution in [2.75, 3.05) is 26.5 Å². The Labute approximate surface area is 222 Å². The third-order valence-electron chi connectivity index (χ3n) is 7.20.